The van der Waals surface area contributed by atoms with Gasteiger partial charge in [-0.2, -0.15) is 13.2 Å². The lowest BCUT2D eigenvalue weighted by Crippen LogP contribution is -2.16. The number of hydrogen-bond donors (Lipinski definition) is 0. The molecular weight excluding hydrogens is 205 g/mol. The molecular formula is C11H13F3O. The van der Waals surface area contributed by atoms with Crippen LogP contribution in [0.4, 0.5) is 13.2 Å². The third-order valence-electron chi connectivity index (χ3n) is 1.93. The predicted molar refractivity (Wildman–Crippen MR) is 52.2 cm³/mol. The summed E-state index contributed by atoms with van der Waals surface area (Å²) >= 11 is 0. The molecule has 15 heavy (non-hydrogen) atoms. The van der Waals surface area contributed by atoms with Gasteiger partial charge in [0.15, 0.2) is 6.61 Å². The molecule has 0 N–H and O–H groups in total. The Morgan fingerprint density at radius 1 is 1.33 bits per heavy atom. The third kappa shape index (κ3) is 4.72. The Hall–Kier alpha value is -1.19. The van der Waals surface area contributed by atoms with Crippen LogP contribution in [-0.2, 0) is 4.74 Å². The van der Waals surface area contributed by atoms with E-state index in [2.05, 4.69) is 11.3 Å². The lowest BCUT2D eigenvalue weighted by molar-refractivity contribution is -0.165. The number of ether oxygens (including phenoxy) is 1. The highest BCUT2D eigenvalue weighted by Gasteiger charge is 2.28. The summed E-state index contributed by atoms with van der Waals surface area (Å²) in [5, 5.41) is 0. The predicted octanol–water partition coefficient (Wildman–Crippen LogP) is 3.75. The topological polar surface area (TPSA) is 9.23 Å². The van der Waals surface area contributed by atoms with Gasteiger partial charge in [0.25, 0.3) is 0 Å². The summed E-state index contributed by atoms with van der Waals surface area (Å²) in [6.45, 7) is 4.45. The molecule has 1 rings (SSSR count). The Bertz CT molecular complexity index is 310. The molecule has 0 aliphatic heterocycles. The summed E-state index contributed by atoms with van der Waals surface area (Å²) in [5.74, 6) is 0.328. The van der Waals surface area contributed by atoms with Crippen LogP contribution in [0.3, 0.4) is 0 Å². The zero-order valence-electron chi connectivity index (χ0n) is 8.53. The number of halogens is 3. The Labute approximate surface area is 86.9 Å². The highest BCUT2D eigenvalue weighted by molar-refractivity contribution is 5.25. The molecule has 0 unspecified atom stereocenters. The average molecular weight is 218 g/mol. The van der Waals surface area contributed by atoms with E-state index in [1.165, 1.54) is 0 Å². The van der Waals surface area contributed by atoms with Crippen LogP contribution in [0.2, 0.25) is 0 Å². The van der Waals surface area contributed by atoms with Crippen molar-refractivity contribution in [1.29, 1.82) is 0 Å². The molecule has 1 nitrogen and oxygen atoms in total. The molecule has 0 heterocycles. The highest BCUT2D eigenvalue weighted by atomic mass is 19.4. The van der Waals surface area contributed by atoms with Crippen molar-refractivity contribution < 1.29 is 17.9 Å². The van der Waals surface area contributed by atoms with Gasteiger partial charge in [-0.15, -0.1) is 0 Å². The number of rotatable bonds is 2. The van der Waals surface area contributed by atoms with Crippen LogP contribution in [0.25, 0.3) is 0 Å². The van der Waals surface area contributed by atoms with Crippen molar-refractivity contribution >= 4 is 0 Å². The summed E-state index contributed by atoms with van der Waals surface area (Å²) in [4.78, 5) is 0. The van der Waals surface area contributed by atoms with Crippen LogP contribution >= 0.6 is 0 Å². The minimum atomic E-state index is -4.28. The van der Waals surface area contributed by atoms with Crippen LogP contribution in [0.1, 0.15) is 19.8 Å². The second-order valence-electron chi connectivity index (χ2n) is 3.65. The maximum atomic E-state index is 11.9. The van der Waals surface area contributed by atoms with Gasteiger partial charge in [-0.05, 0) is 19.4 Å². The van der Waals surface area contributed by atoms with E-state index in [9.17, 15) is 13.2 Å². The third-order valence-corrected chi connectivity index (χ3v) is 1.93. The monoisotopic (exact) mass is 218 g/mol. The summed E-state index contributed by atoms with van der Waals surface area (Å²) < 4.78 is 40.4. The molecule has 1 aliphatic rings. The van der Waals surface area contributed by atoms with Gasteiger partial charge >= 0.3 is 6.18 Å². The lowest BCUT2D eigenvalue weighted by atomic mass is 10.1. The van der Waals surface area contributed by atoms with Crippen molar-refractivity contribution in [2.24, 2.45) is 0 Å². The average Bonchev–Trinajstić information content (AvgIpc) is 2.22. The first-order chi connectivity index (χ1) is 6.87. The summed E-state index contributed by atoms with van der Waals surface area (Å²) in [6.07, 6.45) is 0.162. The maximum absolute atomic E-state index is 11.9. The molecule has 0 atom stereocenters. The highest BCUT2D eigenvalue weighted by Crippen LogP contribution is 2.24. The zero-order chi connectivity index (χ0) is 11.5. The second kappa shape index (κ2) is 4.55. The van der Waals surface area contributed by atoms with E-state index in [0.717, 1.165) is 17.6 Å². The van der Waals surface area contributed by atoms with Gasteiger partial charge < -0.3 is 4.74 Å². The molecule has 0 aromatic carbocycles. The largest absolute Gasteiger partial charge is 0.488 e. The van der Waals surface area contributed by atoms with Crippen molar-refractivity contribution in [3.8, 4) is 0 Å². The van der Waals surface area contributed by atoms with Crippen LogP contribution in [-0.4, -0.2) is 12.8 Å². The van der Waals surface area contributed by atoms with Crippen molar-refractivity contribution in [3.63, 3.8) is 0 Å². The number of hydrogen-bond acceptors (Lipinski definition) is 1. The fraction of sp³-hybridized carbons (Fsp3) is 0.455. The van der Waals surface area contributed by atoms with Gasteiger partial charge in [0.05, 0.1) is 0 Å². The first kappa shape index (κ1) is 11.9. The molecule has 0 bridgehead atoms. The zero-order valence-corrected chi connectivity index (χ0v) is 8.53. The van der Waals surface area contributed by atoms with E-state index in [-0.39, 0.29) is 0 Å². The van der Waals surface area contributed by atoms with Gasteiger partial charge in [-0.25, -0.2) is 0 Å². The van der Waals surface area contributed by atoms with E-state index in [1.807, 2.05) is 6.92 Å². The van der Waals surface area contributed by atoms with Gasteiger partial charge in [0.2, 0.25) is 0 Å². The summed E-state index contributed by atoms with van der Waals surface area (Å²) in [6, 6.07) is 0. The van der Waals surface area contributed by atoms with Crippen LogP contribution in [0, 0.1) is 0 Å². The Morgan fingerprint density at radius 2 is 2.00 bits per heavy atom. The molecule has 0 aromatic rings. The first-order valence-corrected chi connectivity index (χ1v) is 4.59. The van der Waals surface area contributed by atoms with Gasteiger partial charge in [0.1, 0.15) is 5.76 Å². The molecule has 0 spiro atoms. The van der Waals surface area contributed by atoms with Gasteiger partial charge in [-0.1, -0.05) is 23.8 Å². The fourth-order valence-corrected chi connectivity index (χ4v) is 1.33. The number of allylic oxidation sites excluding steroid dienone is 4. The molecule has 0 saturated heterocycles. The van der Waals surface area contributed by atoms with Crippen LogP contribution in [0.5, 0.6) is 0 Å². The normalized spacial score (nSPS) is 18.0. The molecule has 4 heteroatoms. The maximum Gasteiger partial charge on any atom is 0.422 e. The Balaban J connectivity index is 2.58. The summed E-state index contributed by atoms with van der Waals surface area (Å²) in [5.41, 5.74) is 1.94. The quantitative estimate of drug-likeness (QED) is 0.641. The molecule has 0 saturated carbocycles. The molecule has 0 amide bonds. The van der Waals surface area contributed by atoms with Crippen molar-refractivity contribution in [1.82, 2.24) is 0 Å². The Kier molecular flexibility index (Phi) is 3.61. The summed E-state index contributed by atoms with van der Waals surface area (Å²) in [7, 11) is 0. The molecule has 0 aromatic heterocycles. The van der Waals surface area contributed by atoms with E-state index in [0.29, 0.717) is 12.2 Å². The van der Waals surface area contributed by atoms with E-state index in [1.54, 1.807) is 12.2 Å². The molecule has 0 fully saturated rings. The fourth-order valence-electron chi connectivity index (χ4n) is 1.33. The van der Waals surface area contributed by atoms with Crippen molar-refractivity contribution in [3.05, 3.63) is 35.6 Å². The molecule has 0 radical (unpaired) electrons. The van der Waals surface area contributed by atoms with Gasteiger partial charge in [-0.3, -0.25) is 0 Å². The standard InChI is InChI=1S/C11H13F3O/c1-8-3-4-10(6-9(2)5-8)15-7-11(12,13)14/h3-4H,2,5-7H2,1H3. The van der Waals surface area contributed by atoms with E-state index < -0.39 is 12.8 Å². The second-order valence-corrected chi connectivity index (χ2v) is 3.65. The lowest BCUT2D eigenvalue weighted by Gasteiger charge is -2.12. The SMILES string of the molecule is C=C1CC(C)=CC=C(OCC(F)(F)F)C1. The van der Waals surface area contributed by atoms with E-state index >= 15 is 0 Å². The van der Waals surface area contributed by atoms with Gasteiger partial charge in [0, 0.05) is 6.42 Å². The molecule has 1 aliphatic carbocycles. The van der Waals surface area contributed by atoms with E-state index in [4.69, 9.17) is 0 Å². The Morgan fingerprint density at radius 3 is 2.60 bits per heavy atom. The molecule has 84 valence electrons. The number of alkyl halides is 3. The minimum Gasteiger partial charge on any atom is -0.488 e. The van der Waals surface area contributed by atoms with Crippen LogP contribution < -0.4 is 0 Å². The smallest absolute Gasteiger partial charge is 0.422 e. The van der Waals surface area contributed by atoms with Crippen molar-refractivity contribution in [2.75, 3.05) is 6.61 Å². The van der Waals surface area contributed by atoms with Crippen LogP contribution in [0.15, 0.2) is 35.6 Å². The van der Waals surface area contributed by atoms with Crippen molar-refractivity contribution in [2.45, 2.75) is 25.9 Å². The first-order valence-electron chi connectivity index (χ1n) is 4.59. The minimum absolute atomic E-state index is 0.328.